The molecule has 9 heavy (non-hydrogen) atoms. The first-order chi connectivity index (χ1) is 4.22. The Balaban J connectivity index is 3.67. The molecule has 1 unspecified atom stereocenters. The molecule has 0 aromatic carbocycles. The largest absolute Gasteiger partial charge is 0.480 e. The molecule has 0 heterocycles. The van der Waals surface area contributed by atoms with Gasteiger partial charge in [0, 0.05) is 6.54 Å². The molecule has 0 bridgehead atoms. The summed E-state index contributed by atoms with van der Waals surface area (Å²) >= 11 is 0. The third-order valence-corrected chi connectivity index (χ3v) is 0.767. The van der Waals surface area contributed by atoms with Crippen molar-refractivity contribution in [1.29, 1.82) is 0 Å². The summed E-state index contributed by atoms with van der Waals surface area (Å²) in [4.78, 5) is 19.5. The van der Waals surface area contributed by atoms with E-state index in [1.54, 1.807) is 0 Å². The molecule has 0 rings (SSSR count). The van der Waals surface area contributed by atoms with Crippen LogP contribution in [-0.4, -0.2) is 30.1 Å². The van der Waals surface area contributed by atoms with Crippen LogP contribution in [0.2, 0.25) is 0 Å². The number of hydrogen-bond donors (Lipinski definition) is 3. The molecule has 5 nitrogen and oxygen atoms in total. The predicted octanol–water partition coefficient (Wildman–Crippen LogP) is -1.94. The number of carbonyl (C=O) groups excluding carboxylic acids is 1. The molecule has 0 aliphatic carbocycles. The number of aliphatic carboxylic acids is 1. The van der Waals surface area contributed by atoms with Crippen LogP contribution < -0.4 is 11.1 Å². The van der Waals surface area contributed by atoms with Crippen molar-refractivity contribution in [3.8, 4) is 0 Å². The molecule has 5 heteroatoms. The van der Waals surface area contributed by atoms with Gasteiger partial charge in [-0.2, -0.15) is 0 Å². The maximum atomic E-state index is 10.00. The van der Waals surface area contributed by atoms with Gasteiger partial charge in [-0.15, -0.1) is 0 Å². The molecule has 0 aliphatic rings. The van der Waals surface area contributed by atoms with E-state index >= 15 is 0 Å². The van der Waals surface area contributed by atoms with Gasteiger partial charge < -0.3 is 16.2 Å². The molecule has 0 aromatic heterocycles. The van der Waals surface area contributed by atoms with Crippen LogP contribution in [0.4, 0.5) is 0 Å². The first-order valence-electron chi connectivity index (χ1n) is 2.28. The molecular weight excluding hydrogens is 124 g/mol. The van der Waals surface area contributed by atoms with Crippen LogP contribution in [0.3, 0.4) is 0 Å². The van der Waals surface area contributed by atoms with Gasteiger partial charge in [-0.25, -0.2) is 4.79 Å². The van der Waals surface area contributed by atoms with Crippen molar-refractivity contribution >= 4 is 12.4 Å². The summed E-state index contributed by atoms with van der Waals surface area (Å²) in [5.41, 5.74) is 4.94. The normalized spacial score (nSPS) is 12.1. The van der Waals surface area contributed by atoms with E-state index in [-0.39, 0.29) is 6.54 Å². The second kappa shape index (κ2) is 3.85. The second-order valence-corrected chi connectivity index (χ2v) is 1.37. The highest BCUT2D eigenvalue weighted by Gasteiger charge is 2.12. The summed E-state index contributed by atoms with van der Waals surface area (Å²) in [7, 11) is 0. The third-order valence-electron chi connectivity index (χ3n) is 0.767. The lowest BCUT2D eigenvalue weighted by Gasteiger charge is -2.04. The van der Waals surface area contributed by atoms with Gasteiger partial charge in [0.15, 0.2) is 0 Å². The van der Waals surface area contributed by atoms with Crippen LogP contribution in [0.5, 0.6) is 0 Å². The van der Waals surface area contributed by atoms with Crippen LogP contribution in [0.15, 0.2) is 0 Å². The molecule has 1 atom stereocenters. The molecule has 0 fully saturated rings. The van der Waals surface area contributed by atoms with Crippen LogP contribution >= 0.6 is 0 Å². The highest BCUT2D eigenvalue weighted by atomic mass is 16.4. The summed E-state index contributed by atoms with van der Waals surface area (Å²) in [5, 5.41) is 10.1. The van der Waals surface area contributed by atoms with Crippen molar-refractivity contribution in [3.63, 3.8) is 0 Å². The fraction of sp³-hybridized carbons (Fsp3) is 0.500. The first-order valence-corrected chi connectivity index (χ1v) is 2.28. The maximum absolute atomic E-state index is 10.00. The van der Waals surface area contributed by atoms with Gasteiger partial charge in [-0.1, -0.05) is 0 Å². The van der Waals surface area contributed by atoms with Crippen LogP contribution in [-0.2, 0) is 9.59 Å². The highest BCUT2D eigenvalue weighted by Crippen LogP contribution is 1.75. The minimum absolute atomic E-state index is 0.120. The monoisotopic (exact) mass is 131 g/mol. The van der Waals surface area contributed by atoms with E-state index in [0.29, 0.717) is 0 Å². The van der Waals surface area contributed by atoms with Crippen LogP contribution in [0.1, 0.15) is 0 Å². The molecule has 0 spiro atoms. The van der Waals surface area contributed by atoms with Crippen LogP contribution in [0.25, 0.3) is 0 Å². The smallest absolute Gasteiger partial charge is 0.327 e. The van der Waals surface area contributed by atoms with Crippen molar-refractivity contribution in [1.82, 2.24) is 5.32 Å². The van der Waals surface area contributed by atoms with Crippen molar-refractivity contribution in [2.75, 3.05) is 6.54 Å². The van der Waals surface area contributed by atoms with E-state index < -0.39 is 12.0 Å². The molecular formula is C4H7N2O3. The van der Waals surface area contributed by atoms with E-state index in [1.165, 1.54) is 6.41 Å². The fourth-order valence-electron chi connectivity index (χ4n) is 0.293. The van der Waals surface area contributed by atoms with Gasteiger partial charge in [-0.3, -0.25) is 4.79 Å². The Bertz CT molecular complexity index is 114. The first kappa shape index (κ1) is 7.90. The van der Waals surface area contributed by atoms with Crippen LogP contribution in [0, 0.1) is 0 Å². The number of rotatable bonds is 4. The molecule has 1 amide bonds. The number of nitrogens with two attached hydrogens (primary N) is 1. The number of hydrogen-bond acceptors (Lipinski definition) is 3. The van der Waals surface area contributed by atoms with E-state index in [2.05, 4.69) is 0 Å². The zero-order chi connectivity index (χ0) is 7.28. The lowest BCUT2D eigenvalue weighted by molar-refractivity contribution is -0.138. The van der Waals surface area contributed by atoms with Gasteiger partial charge in [0.2, 0.25) is 0 Å². The second-order valence-electron chi connectivity index (χ2n) is 1.37. The Morgan fingerprint density at radius 3 is 2.56 bits per heavy atom. The zero-order valence-electron chi connectivity index (χ0n) is 4.63. The lowest BCUT2D eigenvalue weighted by Crippen LogP contribution is -2.41. The quantitative estimate of drug-likeness (QED) is 0.387. The Kier molecular flexibility index (Phi) is 3.38. The fourth-order valence-corrected chi connectivity index (χ4v) is 0.293. The summed E-state index contributed by atoms with van der Waals surface area (Å²) in [6.45, 7) is -0.120. The molecule has 0 saturated heterocycles. The Morgan fingerprint density at radius 2 is 2.44 bits per heavy atom. The van der Waals surface area contributed by atoms with Gasteiger partial charge in [0.1, 0.15) is 6.04 Å². The zero-order valence-corrected chi connectivity index (χ0v) is 4.63. The molecule has 0 aliphatic heterocycles. The number of carboxylic acids is 1. The summed E-state index contributed by atoms with van der Waals surface area (Å²) in [5.74, 6) is -1.15. The summed E-state index contributed by atoms with van der Waals surface area (Å²) in [6.07, 6.45) is 1.24. The van der Waals surface area contributed by atoms with Gasteiger partial charge in [0.25, 0.3) is 0 Å². The van der Waals surface area contributed by atoms with E-state index in [1.807, 2.05) is 5.32 Å². The minimum atomic E-state index is -1.15. The SMILES string of the molecule is NCC(N[C]=O)C(=O)O. The predicted molar refractivity (Wildman–Crippen MR) is 29.3 cm³/mol. The van der Waals surface area contributed by atoms with E-state index in [9.17, 15) is 9.59 Å². The lowest BCUT2D eigenvalue weighted by atomic mass is 10.3. The van der Waals surface area contributed by atoms with Crippen molar-refractivity contribution < 1.29 is 14.7 Å². The number of amides is 1. The van der Waals surface area contributed by atoms with Gasteiger partial charge in [-0.05, 0) is 0 Å². The average Bonchev–Trinajstić information content (AvgIpc) is 1.82. The van der Waals surface area contributed by atoms with E-state index in [0.717, 1.165) is 0 Å². The van der Waals surface area contributed by atoms with E-state index in [4.69, 9.17) is 10.8 Å². The summed E-state index contributed by atoms with van der Waals surface area (Å²) < 4.78 is 0. The Hall–Kier alpha value is -1.10. The van der Waals surface area contributed by atoms with Gasteiger partial charge in [0.05, 0.1) is 0 Å². The van der Waals surface area contributed by atoms with Crippen molar-refractivity contribution in [2.24, 2.45) is 5.73 Å². The molecule has 51 valence electrons. The summed E-state index contributed by atoms with van der Waals surface area (Å²) in [6, 6.07) is -1.01. The number of nitrogens with one attached hydrogen (secondary N) is 1. The van der Waals surface area contributed by atoms with Crippen molar-refractivity contribution in [3.05, 3.63) is 0 Å². The van der Waals surface area contributed by atoms with Crippen molar-refractivity contribution in [2.45, 2.75) is 6.04 Å². The molecule has 1 radical (unpaired) electrons. The average molecular weight is 131 g/mol. The highest BCUT2D eigenvalue weighted by molar-refractivity contribution is 5.76. The number of carboxylic acid groups (broad SMARTS) is 1. The maximum Gasteiger partial charge on any atom is 0.327 e. The molecule has 4 N–H and O–H groups in total. The molecule has 0 saturated carbocycles. The third kappa shape index (κ3) is 2.65. The topological polar surface area (TPSA) is 92.4 Å². The Labute approximate surface area is 51.8 Å². The minimum Gasteiger partial charge on any atom is -0.480 e. The number of carbonyl (C=O) groups is 1. The molecule has 0 aromatic rings. The standard InChI is InChI=1S/C4H7N2O3/c5-1-3(4(8)9)6-2-7/h3H,1,5H2,(H,6,7)(H,8,9). The van der Waals surface area contributed by atoms with Gasteiger partial charge >= 0.3 is 12.4 Å². The Morgan fingerprint density at radius 1 is 1.89 bits per heavy atom.